The third-order valence-electron chi connectivity index (χ3n) is 4.24. The molecule has 1 unspecified atom stereocenters. The predicted molar refractivity (Wildman–Crippen MR) is 93.5 cm³/mol. The summed E-state index contributed by atoms with van der Waals surface area (Å²) in [5.74, 6) is -2.00. The molecule has 1 atom stereocenters. The van der Waals surface area contributed by atoms with Gasteiger partial charge >= 0.3 is 12.1 Å². The molecule has 0 aromatic heterocycles. The summed E-state index contributed by atoms with van der Waals surface area (Å²) in [7, 11) is 0. The molecule has 0 N–H and O–H groups in total. The van der Waals surface area contributed by atoms with Crippen LogP contribution >= 0.6 is 0 Å². The van der Waals surface area contributed by atoms with Crippen LogP contribution in [0.4, 0.5) is 17.6 Å². The van der Waals surface area contributed by atoms with Crippen LogP contribution in [0.1, 0.15) is 87.6 Å². The lowest BCUT2D eigenvalue weighted by atomic mass is 10.0. The maximum Gasteiger partial charge on any atom is 0.416 e. The maximum absolute atomic E-state index is 13.5. The molecule has 1 rings (SSSR count). The van der Waals surface area contributed by atoms with Crippen molar-refractivity contribution in [2.45, 2.75) is 83.9 Å². The number of unbranched alkanes of at least 4 members (excludes halogenated alkanes) is 5. The number of carbonyl (C=O) groups is 1. The van der Waals surface area contributed by atoms with Crippen molar-refractivity contribution < 1.29 is 27.1 Å². The van der Waals surface area contributed by atoms with E-state index in [2.05, 4.69) is 13.8 Å². The van der Waals surface area contributed by atoms with Crippen molar-refractivity contribution in [3.05, 3.63) is 35.1 Å². The Kier molecular flexibility index (Phi) is 9.66. The normalized spacial score (nSPS) is 12.8. The lowest BCUT2D eigenvalue weighted by Crippen LogP contribution is -2.19. The fourth-order valence-electron chi connectivity index (χ4n) is 2.77. The first-order chi connectivity index (χ1) is 12.3. The largest absolute Gasteiger partial charge is 0.459 e. The molecule has 148 valence electrons. The van der Waals surface area contributed by atoms with E-state index in [1.54, 1.807) is 0 Å². The second-order valence-corrected chi connectivity index (χ2v) is 6.60. The van der Waals surface area contributed by atoms with E-state index < -0.39 is 29.1 Å². The highest BCUT2D eigenvalue weighted by molar-refractivity contribution is 5.89. The fourth-order valence-corrected chi connectivity index (χ4v) is 2.77. The van der Waals surface area contributed by atoms with Crippen LogP contribution in [0.15, 0.2) is 18.2 Å². The summed E-state index contributed by atoms with van der Waals surface area (Å²) in [6, 6.07) is 1.81. The highest BCUT2D eigenvalue weighted by Crippen LogP contribution is 2.30. The summed E-state index contributed by atoms with van der Waals surface area (Å²) in [6.45, 7) is 4.16. The summed E-state index contributed by atoms with van der Waals surface area (Å²) >= 11 is 0. The zero-order valence-electron chi connectivity index (χ0n) is 15.5. The zero-order valence-corrected chi connectivity index (χ0v) is 15.5. The van der Waals surface area contributed by atoms with Crippen molar-refractivity contribution in [2.24, 2.45) is 0 Å². The molecule has 1 aromatic rings. The quantitative estimate of drug-likeness (QED) is 0.238. The molecular weight excluding hydrogens is 348 g/mol. The number of alkyl halides is 3. The Labute approximate surface area is 152 Å². The molecule has 0 saturated carbocycles. The van der Waals surface area contributed by atoms with Crippen LogP contribution in [0.25, 0.3) is 0 Å². The Morgan fingerprint density at radius 2 is 1.54 bits per heavy atom. The lowest BCUT2D eigenvalue weighted by molar-refractivity contribution is -0.137. The number of rotatable bonds is 11. The van der Waals surface area contributed by atoms with Crippen LogP contribution in [0.5, 0.6) is 0 Å². The van der Waals surface area contributed by atoms with Gasteiger partial charge in [0.2, 0.25) is 0 Å². The van der Waals surface area contributed by atoms with Gasteiger partial charge in [0.1, 0.15) is 11.9 Å². The van der Waals surface area contributed by atoms with Gasteiger partial charge in [-0.05, 0) is 43.9 Å². The number of hydrogen-bond donors (Lipinski definition) is 0. The van der Waals surface area contributed by atoms with Crippen molar-refractivity contribution >= 4 is 5.97 Å². The van der Waals surface area contributed by atoms with Gasteiger partial charge in [-0.25, -0.2) is 9.18 Å². The molecule has 0 spiro atoms. The molecule has 2 nitrogen and oxygen atoms in total. The molecule has 0 aliphatic carbocycles. The third kappa shape index (κ3) is 8.19. The van der Waals surface area contributed by atoms with Gasteiger partial charge in [0.15, 0.2) is 0 Å². The summed E-state index contributed by atoms with van der Waals surface area (Å²) in [6.07, 6.45) is 3.31. The molecule has 0 aliphatic heterocycles. The van der Waals surface area contributed by atoms with E-state index in [0.29, 0.717) is 25.0 Å². The molecule has 0 saturated heterocycles. The average Bonchev–Trinajstić information content (AvgIpc) is 2.57. The van der Waals surface area contributed by atoms with Crippen molar-refractivity contribution in [1.82, 2.24) is 0 Å². The molecule has 0 radical (unpaired) electrons. The molecular formula is C20H28F4O2. The molecule has 0 amide bonds. The standard InChI is InChI=1S/C20H28F4O2/c1-3-5-7-9-11-18(10-8-6-4-2)26-19(25)15-12-16(20(22,23)24)14-17(21)13-15/h12-14,18H,3-11H2,1-2H3. The summed E-state index contributed by atoms with van der Waals surface area (Å²) < 4.78 is 57.3. The smallest absolute Gasteiger partial charge is 0.416 e. The molecule has 26 heavy (non-hydrogen) atoms. The first-order valence-electron chi connectivity index (χ1n) is 9.36. The number of halogens is 4. The maximum atomic E-state index is 13.5. The first kappa shape index (κ1) is 22.5. The topological polar surface area (TPSA) is 26.3 Å². The fraction of sp³-hybridized carbons (Fsp3) is 0.650. The van der Waals surface area contributed by atoms with Crippen LogP contribution in [0.3, 0.4) is 0 Å². The molecule has 0 bridgehead atoms. The first-order valence-corrected chi connectivity index (χ1v) is 9.36. The number of esters is 1. The Bertz CT molecular complexity index is 555. The van der Waals surface area contributed by atoms with E-state index in [1.807, 2.05) is 0 Å². The van der Waals surface area contributed by atoms with Crippen molar-refractivity contribution in [3.8, 4) is 0 Å². The van der Waals surface area contributed by atoms with E-state index in [9.17, 15) is 22.4 Å². The van der Waals surface area contributed by atoms with Crippen LogP contribution < -0.4 is 0 Å². The number of benzene rings is 1. The summed E-state index contributed by atoms with van der Waals surface area (Å²) in [5.41, 5.74) is -1.58. The SMILES string of the molecule is CCCCCCC(CCCCC)OC(=O)c1cc(F)cc(C(F)(F)F)c1. The Morgan fingerprint density at radius 3 is 2.12 bits per heavy atom. The van der Waals surface area contributed by atoms with E-state index in [1.165, 1.54) is 0 Å². The van der Waals surface area contributed by atoms with Gasteiger partial charge in [-0.2, -0.15) is 13.2 Å². The average molecular weight is 376 g/mol. The van der Waals surface area contributed by atoms with Gasteiger partial charge in [0, 0.05) is 0 Å². The van der Waals surface area contributed by atoms with Crippen molar-refractivity contribution in [2.75, 3.05) is 0 Å². The van der Waals surface area contributed by atoms with Crippen LogP contribution in [-0.4, -0.2) is 12.1 Å². The summed E-state index contributed by atoms with van der Waals surface area (Å²) in [4.78, 5) is 12.3. The Morgan fingerprint density at radius 1 is 0.962 bits per heavy atom. The molecule has 1 aromatic carbocycles. The molecule has 0 aliphatic rings. The number of ether oxygens (including phenoxy) is 1. The monoisotopic (exact) mass is 376 g/mol. The lowest BCUT2D eigenvalue weighted by Gasteiger charge is -2.18. The van der Waals surface area contributed by atoms with Crippen molar-refractivity contribution in [3.63, 3.8) is 0 Å². The van der Waals surface area contributed by atoms with E-state index >= 15 is 0 Å². The van der Waals surface area contributed by atoms with Gasteiger partial charge in [0.05, 0.1) is 11.1 Å². The molecule has 0 heterocycles. The van der Waals surface area contributed by atoms with Crippen LogP contribution in [-0.2, 0) is 10.9 Å². The zero-order chi connectivity index (χ0) is 19.6. The van der Waals surface area contributed by atoms with Crippen LogP contribution in [0, 0.1) is 5.82 Å². The van der Waals surface area contributed by atoms with Gasteiger partial charge in [-0.15, -0.1) is 0 Å². The van der Waals surface area contributed by atoms with Gasteiger partial charge in [0.25, 0.3) is 0 Å². The number of hydrogen-bond acceptors (Lipinski definition) is 2. The second kappa shape index (κ2) is 11.2. The summed E-state index contributed by atoms with van der Waals surface area (Å²) in [5, 5.41) is 0. The minimum atomic E-state index is -4.71. The van der Waals surface area contributed by atoms with E-state index in [4.69, 9.17) is 4.74 Å². The second-order valence-electron chi connectivity index (χ2n) is 6.60. The Balaban J connectivity index is 2.78. The number of carbonyl (C=O) groups excluding carboxylic acids is 1. The molecule has 0 fully saturated rings. The van der Waals surface area contributed by atoms with E-state index in [-0.39, 0.29) is 6.10 Å². The van der Waals surface area contributed by atoms with Crippen LogP contribution in [0.2, 0.25) is 0 Å². The van der Waals surface area contributed by atoms with Gasteiger partial charge in [-0.3, -0.25) is 0 Å². The minimum Gasteiger partial charge on any atom is -0.459 e. The highest BCUT2D eigenvalue weighted by Gasteiger charge is 2.32. The molecule has 6 heteroatoms. The Hall–Kier alpha value is -1.59. The van der Waals surface area contributed by atoms with Gasteiger partial charge in [-0.1, -0.05) is 46.0 Å². The third-order valence-corrected chi connectivity index (χ3v) is 4.24. The van der Waals surface area contributed by atoms with E-state index in [0.717, 1.165) is 51.0 Å². The predicted octanol–water partition coefficient (Wildman–Crippen LogP) is 6.92. The van der Waals surface area contributed by atoms with Gasteiger partial charge < -0.3 is 4.74 Å². The van der Waals surface area contributed by atoms with Crippen molar-refractivity contribution in [1.29, 1.82) is 0 Å². The highest BCUT2D eigenvalue weighted by atomic mass is 19.4. The minimum absolute atomic E-state index is 0.344.